The molecule has 1 unspecified atom stereocenters. The normalized spacial score (nSPS) is 17.8. The van der Waals surface area contributed by atoms with Crippen molar-refractivity contribution < 1.29 is 4.79 Å². The van der Waals surface area contributed by atoms with E-state index in [2.05, 4.69) is 10.3 Å². The van der Waals surface area contributed by atoms with Crippen LogP contribution in [0.5, 0.6) is 0 Å². The van der Waals surface area contributed by atoms with E-state index in [0.29, 0.717) is 6.54 Å². The average molecular weight is 352 g/mol. The van der Waals surface area contributed by atoms with Crippen LogP contribution in [0.15, 0.2) is 41.9 Å². The van der Waals surface area contributed by atoms with E-state index in [-0.39, 0.29) is 24.4 Å². The van der Waals surface area contributed by atoms with Gasteiger partial charge < -0.3 is 10.2 Å². The molecule has 1 aliphatic heterocycles. The predicted octanol–water partition coefficient (Wildman–Crippen LogP) is 3.35. The first-order valence-electron chi connectivity index (χ1n) is 7.79. The number of hydrogen-bond donors (Lipinski definition) is 1. The van der Waals surface area contributed by atoms with Crippen LogP contribution in [0.3, 0.4) is 0 Å². The summed E-state index contributed by atoms with van der Waals surface area (Å²) in [5.41, 5.74) is 0.949. The van der Waals surface area contributed by atoms with E-state index in [4.69, 9.17) is 0 Å². The molecule has 0 bridgehead atoms. The predicted molar refractivity (Wildman–Crippen MR) is 96.2 cm³/mol. The lowest BCUT2D eigenvalue weighted by Crippen LogP contribution is -2.40. The zero-order valence-corrected chi connectivity index (χ0v) is 14.6. The van der Waals surface area contributed by atoms with E-state index in [0.717, 1.165) is 42.9 Å². The van der Waals surface area contributed by atoms with Gasteiger partial charge in [-0.25, -0.2) is 0 Å². The number of carbonyl (C=O) groups is 1. The number of aromatic nitrogens is 1. The highest BCUT2D eigenvalue weighted by Gasteiger charge is 2.26. The minimum Gasteiger partial charge on any atom is -0.329 e. The van der Waals surface area contributed by atoms with Crippen LogP contribution >= 0.6 is 23.7 Å². The zero-order valence-electron chi connectivity index (χ0n) is 13.0. The largest absolute Gasteiger partial charge is 0.329 e. The van der Waals surface area contributed by atoms with Gasteiger partial charge in [-0.1, -0.05) is 12.1 Å². The van der Waals surface area contributed by atoms with E-state index < -0.39 is 0 Å². The summed E-state index contributed by atoms with van der Waals surface area (Å²) in [7, 11) is 0. The van der Waals surface area contributed by atoms with Gasteiger partial charge in [-0.15, -0.1) is 23.7 Å². The quantitative estimate of drug-likeness (QED) is 0.918. The maximum atomic E-state index is 12.9. The first-order valence-corrected chi connectivity index (χ1v) is 8.67. The maximum absolute atomic E-state index is 12.9. The number of thiophene rings is 1. The highest BCUT2D eigenvalue weighted by Crippen LogP contribution is 2.21. The summed E-state index contributed by atoms with van der Waals surface area (Å²) >= 11 is 1.51. The van der Waals surface area contributed by atoms with Crippen LogP contribution < -0.4 is 5.32 Å². The molecule has 2 aromatic rings. The van der Waals surface area contributed by atoms with Crippen molar-refractivity contribution in [1.29, 1.82) is 0 Å². The highest BCUT2D eigenvalue weighted by atomic mass is 35.5. The summed E-state index contributed by atoms with van der Waals surface area (Å²) in [5.74, 6) is 0.132. The zero-order chi connectivity index (χ0) is 15.2. The minimum atomic E-state index is 0. The molecule has 1 saturated heterocycles. The molecule has 2 aromatic heterocycles. The van der Waals surface area contributed by atoms with Crippen LogP contribution in [0.25, 0.3) is 0 Å². The average Bonchev–Trinajstić information content (AvgIpc) is 2.96. The number of amides is 1. The van der Waals surface area contributed by atoms with Gasteiger partial charge in [0, 0.05) is 12.2 Å². The first-order chi connectivity index (χ1) is 10.8. The van der Waals surface area contributed by atoms with Crippen LogP contribution in [0.2, 0.25) is 0 Å². The Balaban J connectivity index is 0.00000192. The minimum absolute atomic E-state index is 0. The second kappa shape index (κ2) is 9.01. The number of pyridine rings is 1. The summed E-state index contributed by atoms with van der Waals surface area (Å²) < 4.78 is 0. The molecule has 0 saturated carbocycles. The molecule has 1 fully saturated rings. The molecule has 0 aliphatic carbocycles. The Hall–Kier alpha value is -1.43. The summed E-state index contributed by atoms with van der Waals surface area (Å²) in [4.78, 5) is 20.1. The van der Waals surface area contributed by atoms with Gasteiger partial charge in [0.15, 0.2) is 0 Å². The summed E-state index contributed by atoms with van der Waals surface area (Å²) in [6, 6.07) is 10.0. The summed E-state index contributed by atoms with van der Waals surface area (Å²) in [6.07, 6.45) is 4.96. The lowest BCUT2D eigenvalue weighted by molar-refractivity contribution is 0.0647. The molecule has 1 aliphatic rings. The van der Waals surface area contributed by atoms with Crippen molar-refractivity contribution in [2.75, 3.05) is 13.1 Å². The Bertz CT molecular complexity index is 583. The first kappa shape index (κ1) is 17.9. The van der Waals surface area contributed by atoms with E-state index >= 15 is 0 Å². The standard InChI is InChI=1S/C17H21N3OS.ClH/c21-17(16-7-4-12-22-16)20(13-14-5-1-2-10-19-14)15-6-3-9-18-11-8-15;/h1-2,4-5,7,10,12,15,18H,3,6,8-9,11,13H2;1H. The molecule has 4 nitrogen and oxygen atoms in total. The Morgan fingerprint density at radius 1 is 1.26 bits per heavy atom. The van der Waals surface area contributed by atoms with E-state index in [9.17, 15) is 4.79 Å². The summed E-state index contributed by atoms with van der Waals surface area (Å²) in [6.45, 7) is 2.60. The van der Waals surface area contributed by atoms with Crippen LogP contribution in [0, 0.1) is 0 Å². The molecule has 6 heteroatoms. The Labute approximate surface area is 147 Å². The lowest BCUT2D eigenvalue weighted by Gasteiger charge is -2.30. The van der Waals surface area contributed by atoms with E-state index in [1.807, 2.05) is 40.6 Å². The third-order valence-corrected chi connectivity index (χ3v) is 4.90. The fourth-order valence-corrected chi connectivity index (χ4v) is 3.57. The smallest absolute Gasteiger partial charge is 0.264 e. The second-order valence-electron chi connectivity index (χ2n) is 5.57. The molecule has 0 aromatic carbocycles. The number of rotatable bonds is 4. The lowest BCUT2D eigenvalue weighted by atomic mass is 10.1. The van der Waals surface area contributed by atoms with Gasteiger partial charge in [-0.2, -0.15) is 0 Å². The van der Waals surface area contributed by atoms with Gasteiger partial charge in [0.25, 0.3) is 5.91 Å². The van der Waals surface area contributed by atoms with Crippen molar-refractivity contribution in [3.05, 3.63) is 52.5 Å². The van der Waals surface area contributed by atoms with E-state index in [1.54, 1.807) is 6.20 Å². The molecule has 23 heavy (non-hydrogen) atoms. The molecule has 0 spiro atoms. The van der Waals surface area contributed by atoms with Gasteiger partial charge in [-0.3, -0.25) is 9.78 Å². The van der Waals surface area contributed by atoms with Crippen molar-refractivity contribution in [1.82, 2.24) is 15.2 Å². The van der Waals surface area contributed by atoms with Gasteiger partial charge in [0.05, 0.1) is 17.1 Å². The van der Waals surface area contributed by atoms with Crippen molar-refractivity contribution in [2.24, 2.45) is 0 Å². The fraction of sp³-hybridized carbons (Fsp3) is 0.412. The Morgan fingerprint density at radius 3 is 2.91 bits per heavy atom. The fourth-order valence-electron chi connectivity index (χ4n) is 2.89. The van der Waals surface area contributed by atoms with Crippen molar-refractivity contribution in [2.45, 2.75) is 31.8 Å². The van der Waals surface area contributed by atoms with Gasteiger partial charge >= 0.3 is 0 Å². The molecule has 124 valence electrons. The molecule has 0 radical (unpaired) electrons. The van der Waals surface area contributed by atoms with Crippen molar-refractivity contribution in [3.8, 4) is 0 Å². The number of hydrogen-bond acceptors (Lipinski definition) is 4. The third kappa shape index (κ3) is 4.77. The van der Waals surface area contributed by atoms with Crippen molar-refractivity contribution in [3.63, 3.8) is 0 Å². The van der Waals surface area contributed by atoms with Gasteiger partial charge in [-0.05, 0) is 55.9 Å². The number of carbonyl (C=O) groups excluding carboxylic acids is 1. The van der Waals surface area contributed by atoms with Crippen molar-refractivity contribution >= 4 is 29.7 Å². The molecular weight excluding hydrogens is 330 g/mol. The maximum Gasteiger partial charge on any atom is 0.264 e. The topological polar surface area (TPSA) is 45.2 Å². The monoisotopic (exact) mass is 351 g/mol. The SMILES string of the molecule is Cl.O=C(c1cccs1)N(Cc1ccccn1)C1CCCNCC1. The van der Waals surface area contributed by atoms with Gasteiger partial charge in [0.1, 0.15) is 0 Å². The Kier molecular flexibility index (Phi) is 7.02. The third-order valence-electron chi connectivity index (χ3n) is 4.04. The van der Waals surface area contributed by atoms with Crippen LogP contribution in [0.1, 0.15) is 34.6 Å². The Morgan fingerprint density at radius 2 is 2.17 bits per heavy atom. The number of nitrogens with zero attached hydrogens (tertiary/aromatic N) is 2. The van der Waals surface area contributed by atoms with Crippen LogP contribution in [-0.2, 0) is 6.54 Å². The van der Waals surface area contributed by atoms with Crippen LogP contribution in [-0.4, -0.2) is 34.9 Å². The number of nitrogens with one attached hydrogen (secondary N) is 1. The summed E-state index contributed by atoms with van der Waals surface area (Å²) in [5, 5.41) is 5.38. The molecule has 3 rings (SSSR count). The van der Waals surface area contributed by atoms with E-state index in [1.165, 1.54) is 11.3 Å². The molecule has 1 N–H and O–H groups in total. The number of halogens is 1. The van der Waals surface area contributed by atoms with Gasteiger partial charge in [0.2, 0.25) is 0 Å². The molecular formula is C17H22ClN3OS. The molecule has 1 amide bonds. The second-order valence-corrected chi connectivity index (χ2v) is 6.51. The molecule has 3 heterocycles. The molecule has 1 atom stereocenters. The van der Waals surface area contributed by atoms with Crippen LogP contribution in [0.4, 0.5) is 0 Å². The highest BCUT2D eigenvalue weighted by molar-refractivity contribution is 7.12.